The van der Waals surface area contributed by atoms with Gasteiger partial charge in [0.15, 0.2) is 5.78 Å². The number of benzene rings is 1. The summed E-state index contributed by atoms with van der Waals surface area (Å²) in [4.78, 5) is 40.2. The number of ketones is 1. The highest BCUT2D eigenvalue weighted by atomic mass is 16.5. The number of carbonyl (C=O) groups excluding carboxylic acids is 3. The first-order chi connectivity index (χ1) is 16.4. The summed E-state index contributed by atoms with van der Waals surface area (Å²) in [6, 6.07) is 11.1. The van der Waals surface area contributed by atoms with Gasteiger partial charge in [0.25, 0.3) is 0 Å². The summed E-state index contributed by atoms with van der Waals surface area (Å²) in [6.07, 6.45) is 1.90. The topological polar surface area (TPSA) is 94.8 Å². The lowest BCUT2D eigenvalue weighted by molar-refractivity contribution is -0.152. The number of Topliss-reactive ketones (excluding diaryl/α,β-unsaturated/α-hetero) is 1. The third-order valence-electron chi connectivity index (χ3n) is 6.46. The van der Waals surface area contributed by atoms with Crippen molar-refractivity contribution < 1.29 is 28.3 Å². The summed E-state index contributed by atoms with van der Waals surface area (Å²) < 4.78 is 16.3. The SMILES string of the molecule is CCOC(=O)C1=C(C)NC2=C(C(=O)[C@@H](C(=O)OCC)[C@H](c3ccco3)C2)[C@@H]1c1ccccc1C. The van der Waals surface area contributed by atoms with Gasteiger partial charge in [0.05, 0.1) is 25.1 Å². The first kappa shape index (κ1) is 23.5. The van der Waals surface area contributed by atoms with Crippen LogP contribution in [-0.2, 0) is 23.9 Å². The van der Waals surface area contributed by atoms with Crippen molar-refractivity contribution in [1.82, 2.24) is 5.32 Å². The van der Waals surface area contributed by atoms with Crippen LogP contribution in [0.15, 0.2) is 69.6 Å². The van der Waals surface area contributed by atoms with Gasteiger partial charge in [-0.1, -0.05) is 24.3 Å². The van der Waals surface area contributed by atoms with E-state index in [-0.39, 0.29) is 19.0 Å². The van der Waals surface area contributed by atoms with Crippen molar-refractivity contribution in [2.24, 2.45) is 5.92 Å². The van der Waals surface area contributed by atoms with E-state index in [1.165, 1.54) is 6.26 Å². The van der Waals surface area contributed by atoms with E-state index in [2.05, 4.69) is 5.32 Å². The van der Waals surface area contributed by atoms with Gasteiger partial charge in [-0.3, -0.25) is 9.59 Å². The monoisotopic (exact) mass is 463 g/mol. The maximum atomic E-state index is 14.1. The Morgan fingerprint density at radius 1 is 1.06 bits per heavy atom. The Balaban J connectivity index is 1.90. The molecule has 0 bridgehead atoms. The molecule has 0 radical (unpaired) electrons. The number of aryl methyl sites for hydroxylation is 1. The molecule has 1 aliphatic carbocycles. The van der Waals surface area contributed by atoms with Crippen LogP contribution in [0.1, 0.15) is 55.9 Å². The third kappa shape index (κ3) is 4.06. The van der Waals surface area contributed by atoms with Crippen LogP contribution in [0.3, 0.4) is 0 Å². The van der Waals surface area contributed by atoms with Gasteiger partial charge in [0.1, 0.15) is 11.7 Å². The first-order valence-electron chi connectivity index (χ1n) is 11.6. The van der Waals surface area contributed by atoms with Crippen LogP contribution in [0.2, 0.25) is 0 Å². The Bertz CT molecular complexity index is 1170. The van der Waals surface area contributed by atoms with Crippen LogP contribution in [-0.4, -0.2) is 30.9 Å². The van der Waals surface area contributed by atoms with Crippen LogP contribution in [0, 0.1) is 12.8 Å². The fraction of sp³-hybridized carbons (Fsp3) is 0.370. The van der Waals surface area contributed by atoms with Crippen LogP contribution in [0.25, 0.3) is 0 Å². The van der Waals surface area contributed by atoms with E-state index < -0.39 is 29.7 Å². The van der Waals surface area contributed by atoms with Crippen LogP contribution < -0.4 is 5.32 Å². The predicted molar refractivity (Wildman–Crippen MR) is 125 cm³/mol. The lowest BCUT2D eigenvalue weighted by atomic mass is 9.67. The normalized spacial score (nSPS) is 22.2. The van der Waals surface area contributed by atoms with E-state index in [1.807, 2.05) is 38.1 Å². The van der Waals surface area contributed by atoms with E-state index in [1.54, 1.807) is 26.0 Å². The van der Waals surface area contributed by atoms with Gasteiger partial charge in [-0.25, -0.2) is 4.79 Å². The van der Waals surface area contributed by atoms with Gasteiger partial charge < -0.3 is 19.2 Å². The minimum Gasteiger partial charge on any atom is -0.469 e. The zero-order valence-corrected chi connectivity index (χ0v) is 19.8. The molecule has 0 saturated heterocycles. The summed E-state index contributed by atoms with van der Waals surface area (Å²) in [5.41, 5.74) is 3.86. The van der Waals surface area contributed by atoms with Gasteiger partial charge in [0, 0.05) is 28.8 Å². The van der Waals surface area contributed by atoms with E-state index in [0.29, 0.717) is 34.7 Å². The second-order valence-corrected chi connectivity index (χ2v) is 8.49. The van der Waals surface area contributed by atoms with Crippen molar-refractivity contribution in [3.8, 4) is 0 Å². The molecule has 0 saturated carbocycles. The number of carbonyl (C=O) groups is 3. The molecule has 34 heavy (non-hydrogen) atoms. The van der Waals surface area contributed by atoms with Crippen LogP contribution in [0.5, 0.6) is 0 Å². The average molecular weight is 464 g/mol. The molecule has 2 aliphatic rings. The molecule has 1 N–H and O–H groups in total. The molecule has 0 fully saturated rings. The first-order valence-corrected chi connectivity index (χ1v) is 11.6. The number of hydrogen-bond donors (Lipinski definition) is 1. The summed E-state index contributed by atoms with van der Waals surface area (Å²) in [6.45, 7) is 7.58. The van der Waals surface area contributed by atoms with Gasteiger partial charge >= 0.3 is 11.9 Å². The zero-order valence-electron chi connectivity index (χ0n) is 19.8. The van der Waals surface area contributed by atoms with Crippen LogP contribution >= 0.6 is 0 Å². The van der Waals surface area contributed by atoms with Gasteiger partial charge in [-0.15, -0.1) is 0 Å². The highest BCUT2D eigenvalue weighted by Crippen LogP contribution is 2.48. The number of ether oxygens (including phenoxy) is 2. The summed E-state index contributed by atoms with van der Waals surface area (Å²) in [7, 11) is 0. The van der Waals surface area contributed by atoms with Crippen molar-refractivity contribution in [2.75, 3.05) is 13.2 Å². The number of hydrogen-bond acceptors (Lipinski definition) is 7. The molecule has 0 spiro atoms. The van der Waals surface area contributed by atoms with Crippen LogP contribution in [0.4, 0.5) is 0 Å². The second kappa shape index (κ2) is 9.71. The van der Waals surface area contributed by atoms with Crippen molar-refractivity contribution in [3.63, 3.8) is 0 Å². The summed E-state index contributed by atoms with van der Waals surface area (Å²) in [5, 5.41) is 3.28. The largest absolute Gasteiger partial charge is 0.469 e. The van der Waals surface area contributed by atoms with Crippen molar-refractivity contribution in [3.05, 3.63) is 82.1 Å². The Hall–Kier alpha value is -3.61. The Labute approximate surface area is 198 Å². The standard InChI is InChI=1S/C27H29NO6/c1-5-32-26(30)21-16(4)28-19-14-18(20-12-9-13-34-20)23(27(31)33-6-2)25(29)24(19)22(21)17-11-8-7-10-15(17)3/h7-13,18,22-23,28H,5-6,14H2,1-4H3/t18-,22+,23-/m0/s1. The molecule has 178 valence electrons. The van der Waals surface area contributed by atoms with E-state index in [9.17, 15) is 14.4 Å². The predicted octanol–water partition coefficient (Wildman–Crippen LogP) is 4.30. The van der Waals surface area contributed by atoms with E-state index in [4.69, 9.17) is 13.9 Å². The minimum absolute atomic E-state index is 0.159. The molecule has 1 aromatic carbocycles. The Morgan fingerprint density at radius 2 is 1.79 bits per heavy atom. The lowest BCUT2D eigenvalue weighted by Crippen LogP contribution is -2.43. The maximum absolute atomic E-state index is 14.1. The smallest absolute Gasteiger partial charge is 0.336 e. The average Bonchev–Trinajstić information content (AvgIpc) is 3.33. The molecule has 0 unspecified atom stereocenters. The molecular weight excluding hydrogens is 434 g/mol. The van der Waals surface area contributed by atoms with Gasteiger partial charge in [-0.2, -0.15) is 0 Å². The molecule has 0 amide bonds. The molecule has 7 nitrogen and oxygen atoms in total. The highest BCUT2D eigenvalue weighted by Gasteiger charge is 2.50. The van der Waals surface area contributed by atoms with E-state index in [0.717, 1.165) is 11.1 Å². The van der Waals surface area contributed by atoms with Crippen molar-refractivity contribution >= 4 is 17.7 Å². The second-order valence-electron chi connectivity index (χ2n) is 8.49. The highest BCUT2D eigenvalue weighted by molar-refractivity contribution is 6.13. The zero-order chi connectivity index (χ0) is 24.4. The van der Waals surface area contributed by atoms with Gasteiger partial charge in [-0.05, 0) is 57.4 Å². The summed E-state index contributed by atoms with van der Waals surface area (Å²) >= 11 is 0. The molecule has 2 aromatic rings. The number of furan rings is 1. The number of rotatable bonds is 6. The molecule has 4 rings (SSSR count). The number of dihydropyridines is 1. The number of nitrogens with one attached hydrogen (secondary N) is 1. The molecule has 1 aliphatic heterocycles. The number of esters is 2. The lowest BCUT2D eigenvalue weighted by Gasteiger charge is -2.39. The maximum Gasteiger partial charge on any atom is 0.336 e. The number of allylic oxidation sites excluding steroid dienone is 3. The summed E-state index contributed by atoms with van der Waals surface area (Å²) in [5.74, 6) is -3.13. The fourth-order valence-electron chi connectivity index (χ4n) is 5.01. The van der Waals surface area contributed by atoms with E-state index >= 15 is 0 Å². The molecule has 2 heterocycles. The van der Waals surface area contributed by atoms with Crippen molar-refractivity contribution in [1.29, 1.82) is 0 Å². The molecule has 3 atom stereocenters. The van der Waals surface area contributed by atoms with Gasteiger partial charge in [0.2, 0.25) is 0 Å². The minimum atomic E-state index is -1.07. The quantitative estimate of drug-likeness (QED) is 0.504. The molecule has 1 aromatic heterocycles. The Morgan fingerprint density at radius 3 is 2.44 bits per heavy atom. The molecular formula is C27H29NO6. The third-order valence-corrected chi connectivity index (χ3v) is 6.46. The fourth-order valence-corrected chi connectivity index (χ4v) is 5.01. The Kier molecular flexibility index (Phi) is 6.72. The molecule has 7 heteroatoms. The van der Waals surface area contributed by atoms with Crippen molar-refractivity contribution in [2.45, 2.75) is 46.0 Å².